The van der Waals surface area contributed by atoms with Gasteiger partial charge in [-0.1, -0.05) is 6.92 Å². The maximum atomic E-state index is 11.0. The van der Waals surface area contributed by atoms with Crippen molar-refractivity contribution in [3.05, 3.63) is 0 Å². The zero-order valence-electron chi connectivity index (χ0n) is 7.23. The predicted octanol–water partition coefficient (Wildman–Crippen LogP) is -0.792. The summed E-state index contributed by atoms with van der Waals surface area (Å²) >= 11 is 0. The van der Waals surface area contributed by atoms with Crippen LogP contribution in [0.15, 0.2) is 0 Å². The molecule has 1 rings (SSSR count). The fourth-order valence-electron chi connectivity index (χ4n) is 1.46. The quantitative estimate of drug-likeness (QED) is 0.546. The lowest BCUT2D eigenvalue weighted by atomic mass is 9.97. The number of hydrogen-bond acceptors (Lipinski definition) is 3. The van der Waals surface area contributed by atoms with E-state index < -0.39 is 6.61 Å². The van der Waals surface area contributed by atoms with Gasteiger partial charge in [-0.05, 0) is 12.3 Å². The molecular formula is C8H15NO3. The van der Waals surface area contributed by atoms with Gasteiger partial charge in [-0.3, -0.25) is 4.79 Å². The third-order valence-corrected chi connectivity index (χ3v) is 2.35. The van der Waals surface area contributed by atoms with Crippen LogP contribution in [0.5, 0.6) is 0 Å². The second-order valence-electron chi connectivity index (χ2n) is 3.33. The van der Waals surface area contributed by atoms with Crippen molar-refractivity contribution >= 4 is 5.91 Å². The summed E-state index contributed by atoms with van der Waals surface area (Å²) in [7, 11) is 0. The zero-order chi connectivity index (χ0) is 9.14. The van der Waals surface area contributed by atoms with Crippen molar-refractivity contribution in [1.82, 2.24) is 4.90 Å². The summed E-state index contributed by atoms with van der Waals surface area (Å²) < 4.78 is 0. The second-order valence-corrected chi connectivity index (χ2v) is 3.33. The van der Waals surface area contributed by atoms with Gasteiger partial charge < -0.3 is 15.1 Å². The molecule has 4 nitrogen and oxygen atoms in total. The van der Waals surface area contributed by atoms with Gasteiger partial charge in [0.1, 0.15) is 6.61 Å². The molecule has 1 heterocycles. The van der Waals surface area contributed by atoms with Crippen molar-refractivity contribution < 1.29 is 15.0 Å². The molecule has 4 heteroatoms. The average molecular weight is 173 g/mol. The number of hydrogen-bond donors (Lipinski definition) is 2. The minimum Gasteiger partial charge on any atom is -0.393 e. The number of amides is 1. The van der Waals surface area contributed by atoms with Crippen molar-refractivity contribution in [3.8, 4) is 0 Å². The Bertz CT molecular complexity index is 172. The summed E-state index contributed by atoms with van der Waals surface area (Å²) in [6.45, 7) is 2.59. The molecule has 0 aromatic rings. The van der Waals surface area contributed by atoms with Crippen LogP contribution in [0.4, 0.5) is 0 Å². The van der Waals surface area contributed by atoms with Crippen molar-refractivity contribution in [2.45, 2.75) is 19.4 Å². The van der Waals surface area contributed by atoms with Gasteiger partial charge in [0.2, 0.25) is 5.91 Å². The first-order chi connectivity index (χ1) is 5.65. The number of aliphatic hydroxyl groups is 2. The lowest BCUT2D eigenvalue weighted by Gasteiger charge is -2.33. The maximum absolute atomic E-state index is 11.0. The topological polar surface area (TPSA) is 60.8 Å². The molecule has 0 aromatic carbocycles. The lowest BCUT2D eigenvalue weighted by molar-refractivity contribution is -0.137. The third kappa shape index (κ3) is 1.95. The molecule has 70 valence electrons. The molecule has 0 aromatic heterocycles. The van der Waals surface area contributed by atoms with Gasteiger partial charge in [0.05, 0.1) is 6.10 Å². The van der Waals surface area contributed by atoms with Crippen LogP contribution in [-0.2, 0) is 4.79 Å². The Labute approximate surface area is 71.8 Å². The number of rotatable bonds is 1. The third-order valence-electron chi connectivity index (χ3n) is 2.35. The Morgan fingerprint density at radius 2 is 2.33 bits per heavy atom. The van der Waals surface area contributed by atoms with Gasteiger partial charge in [0, 0.05) is 13.1 Å². The molecule has 0 bridgehead atoms. The number of aliphatic hydroxyl groups excluding tert-OH is 2. The van der Waals surface area contributed by atoms with E-state index in [1.165, 1.54) is 0 Å². The first kappa shape index (κ1) is 9.48. The molecule has 0 aliphatic carbocycles. The van der Waals surface area contributed by atoms with Gasteiger partial charge in [-0.15, -0.1) is 0 Å². The summed E-state index contributed by atoms with van der Waals surface area (Å²) in [4.78, 5) is 12.6. The highest BCUT2D eigenvalue weighted by molar-refractivity contribution is 5.77. The van der Waals surface area contributed by atoms with Crippen molar-refractivity contribution in [1.29, 1.82) is 0 Å². The first-order valence-electron chi connectivity index (χ1n) is 4.22. The molecule has 0 unspecified atom stereocenters. The highest BCUT2D eigenvalue weighted by Gasteiger charge is 2.26. The van der Waals surface area contributed by atoms with E-state index in [-0.39, 0.29) is 17.9 Å². The Balaban J connectivity index is 2.45. The fourth-order valence-corrected chi connectivity index (χ4v) is 1.46. The van der Waals surface area contributed by atoms with Crippen LogP contribution in [0.25, 0.3) is 0 Å². The Kier molecular flexibility index (Phi) is 3.05. The minimum absolute atomic E-state index is 0.120. The largest absolute Gasteiger partial charge is 0.393 e. The Morgan fingerprint density at radius 1 is 1.67 bits per heavy atom. The average Bonchev–Trinajstić information content (AvgIpc) is 2.08. The molecule has 2 atom stereocenters. The molecule has 1 aliphatic heterocycles. The standard InChI is InChI=1S/C8H15NO3/c1-6-4-9(8(12)5-10)3-2-7(6)11/h6-7,10-11H,2-5H2,1H3/t6-,7+/m1/s1. The molecule has 1 aliphatic rings. The van der Waals surface area contributed by atoms with E-state index in [1.807, 2.05) is 6.92 Å². The number of carbonyl (C=O) groups is 1. The second kappa shape index (κ2) is 3.87. The maximum Gasteiger partial charge on any atom is 0.248 e. The number of carbonyl (C=O) groups excluding carboxylic acids is 1. The molecule has 2 N–H and O–H groups in total. The molecule has 12 heavy (non-hydrogen) atoms. The van der Waals surface area contributed by atoms with E-state index >= 15 is 0 Å². The van der Waals surface area contributed by atoms with Crippen molar-refractivity contribution in [2.75, 3.05) is 19.7 Å². The van der Waals surface area contributed by atoms with Gasteiger partial charge in [-0.2, -0.15) is 0 Å². The predicted molar refractivity (Wildman–Crippen MR) is 43.5 cm³/mol. The SMILES string of the molecule is C[C@@H]1CN(C(=O)CO)CC[C@@H]1O. The summed E-state index contributed by atoms with van der Waals surface area (Å²) in [5.41, 5.74) is 0. The van der Waals surface area contributed by atoms with E-state index in [4.69, 9.17) is 5.11 Å². The number of nitrogens with zero attached hydrogens (tertiary/aromatic N) is 1. The van der Waals surface area contributed by atoms with E-state index in [1.54, 1.807) is 4.90 Å². The van der Waals surface area contributed by atoms with Crippen LogP contribution in [0.1, 0.15) is 13.3 Å². The van der Waals surface area contributed by atoms with E-state index in [0.29, 0.717) is 19.5 Å². The molecule has 1 fully saturated rings. The minimum atomic E-state index is -0.428. The van der Waals surface area contributed by atoms with Crippen LogP contribution in [0.2, 0.25) is 0 Å². The van der Waals surface area contributed by atoms with Crippen LogP contribution in [0, 0.1) is 5.92 Å². The smallest absolute Gasteiger partial charge is 0.248 e. The van der Waals surface area contributed by atoms with Crippen LogP contribution < -0.4 is 0 Å². The summed E-state index contributed by atoms with van der Waals surface area (Å²) in [5, 5.41) is 17.9. The van der Waals surface area contributed by atoms with Crippen molar-refractivity contribution in [3.63, 3.8) is 0 Å². The van der Waals surface area contributed by atoms with Gasteiger partial charge in [0.15, 0.2) is 0 Å². The van der Waals surface area contributed by atoms with Crippen LogP contribution in [-0.4, -0.2) is 46.8 Å². The molecule has 1 amide bonds. The lowest BCUT2D eigenvalue weighted by Crippen LogP contribution is -2.45. The van der Waals surface area contributed by atoms with Crippen molar-refractivity contribution in [2.24, 2.45) is 5.92 Å². The fraction of sp³-hybridized carbons (Fsp3) is 0.875. The summed E-state index contributed by atoms with van der Waals surface area (Å²) in [5.74, 6) is -0.122. The highest BCUT2D eigenvalue weighted by atomic mass is 16.3. The zero-order valence-corrected chi connectivity index (χ0v) is 7.23. The van der Waals surface area contributed by atoms with E-state index in [2.05, 4.69) is 0 Å². The highest BCUT2D eigenvalue weighted by Crippen LogP contribution is 2.16. The Hall–Kier alpha value is -0.610. The summed E-state index contributed by atoms with van der Waals surface area (Å²) in [6, 6.07) is 0. The molecule has 0 saturated carbocycles. The Morgan fingerprint density at radius 3 is 2.83 bits per heavy atom. The normalized spacial score (nSPS) is 30.4. The van der Waals surface area contributed by atoms with Crippen LogP contribution in [0.3, 0.4) is 0 Å². The first-order valence-corrected chi connectivity index (χ1v) is 4.22. The molecule has 0 radical (unpaired) electrons. The summed E-state index contributed by atoms with van der Waals surface area (Å²) in [6.07, 6.45) is 0.320. The monoisotopic (exact) mass is 173 g/mol. The van der Waals surface area contributed by atoms with E-state index in [0.717, 1.165) is 0 Å². The van der Waals surface area contributed by atoms with E-state index in [9.17, 15) is 9.90 Å². The van der Waals surface area contributed by atoms with Crippen LogP contribution >= 0.6 is 0 Å². The molecule has 1 saturated heterocycles. The van der Waals surface area contributed by atoms with Gasteiger partial charge >= 0.3 is 0 Å². The molecule has 0 spiro atoms. The van der Waals surface area contributed by atoms with Gasteiger partial charge in [0.25, 0.3) is 0 Å². The van der Waals surface area contributed by atoms with Gasteiger partial charge in [-0.25, -0.2) is 0 Å². The molecular weight excluding hydrogens is 158 g/mol. The number of piperidine rings is 1. The number of likely N-dealkylation sites (tertiary alicyclic amines) is 1.